The zero-order valence-corrected chi connectivity index (χ0v) is 12.5. The molecular weight excluding hydrogens is 295 g/mol. The van der Waals surface area contributed by atoms with E-state index in [1.165, 1.54) is 0 Å². The lowest BCUT2D eigenvalue weighted by Crippen LogP contribution is -2.28. The third kappa shape index (κ3) is 6.45. The predicted octanol–water partition coefficient (Wildman–Crippen LogP) is 2.68. The van der Waals surface area contributed by atoms with E-state index < -0.39 is 0 Å². The first-order valence-corrected chi connectivity index (χ1v) is 6.24. The average molecular weight is 312 g/mol. The fraction of sp³-hybridized carbons (Fsp3) is 0.417. The van der Waals surface area contributed by atoms with Crippen LogP contribution in [0.3, 0.4) is 0 Å². The van der Waals surface area contributed by atoms with Crippen LogP contribution in [0.15, 0.2) is 18.2 Å². The smallest absolute Gasteiger partial charge is 0.221 e. The first-order chi connectivity index (χ1) is 8.13. The van der Waals surface area contributed by atoms with E-state index in [4.69, 9.17) is 23.2 Å². The SMILES string of the molecule is CNCCC(=O)NCCc1ccc(Cl)cc1Cl.Cl. The molecule has 0 atom stereocenters. The fourth-order valence-corrected chi connectivity index (χ4v) is 1.89. The lowest BCUT2D eigenvalue weighted by Gasteiger charge is -2.07. The highest BCUT2D eigenvalue weighted by Gasteiger charge is 2.03. The number of hydrogen-bond acceptors (Lipinski definition) is 2. The molecule has 0 radical (unpaired) electrons. The van der Waals surface area contributed by atoms with Crippen molar-refractivity contribution in [2.75, 3.05) is 20.1 Å². The standard InChI is InChI=1S/C12H16Cl2N2O.ClH/c1-15-6-5-12(17)16-7-4-9-2-3-10(13)8-11(9)14;/h2-3,8,15H,4-7H2,1H3,(H,16,17);1H. The van der Waals surface area contributed by atoms with Gasteiger partial charge in [0, 0.05) is 29.6 Å². The third-order valence-corrected chi connectivity index (χ3v) is 2.92. The van der Waals surface area contributed by atoms with Gasteiger partial charge in [-0.15, -0.1) is 12.4 Å². The Hall–Kier alpha value is -0.480. The van der Waals surface area contributed by atoms with Crippen molar-refractivity contribution in [1.29, 1.82) is 0 Å². The minimum atomic E-state index is 0. The van der Waals surface area contributed by atoms with Gasteiger partial charge in [-0.3, -0.25) is 4.79 Å². The molecule has 0 heterocycles. The second-order valence-electron chi connectivity index (χ2n) is 3.69. The van der Waals surface area contributed by atoms with Gasteiger partial charge in [-0.2, -0.15) is 0 Å². The Morgan fingerprint density at radius 2 is 2.00 bits per heavy atom. The van der Waals surface area contributed by atoms with Gasteiger partial charge in [0.15, 0.2) is 0 Å². The molecule has 1 aromatic rings. The molecule has 0 saturated heterocycles. The van der Waals surface area contributed by atoms with E-state index in [2.05, 4.69) is 10.6 Å². The largest absolute Gasteiger partial charge is 0.356 e. The van der Waals surface area contributed by atoms with Gasteiger partial charge in [0.25, 0.3) is 0 Å². The molecule has 0 aliphatic rings. The summed E-state index contributed by atoms with van der Waals surface area (Å²) >= 11 is 11.8. The predicted molar refractivity (Wildman–Crippen MR) is 79.0 cm³/mol. The number of amides is 1. The fourth-order valence-electron chi connectivity index (χ4n) is 1.39. The maximum Gasteiger partial charge on any atom is 0.221 e. The quantitative estimate of drug-likeness (QED) is 0.848. The molecule has 2 N–H and O–H groups in total. The van der Waals surface area contributed by atoms with E-state index in [1.54, 1.807) is 12.1 Å². The van der Waals surface area contributed by atoms with Crippen LogP contribution < -0.4 is 10.6 Å². The van der Waals surface area contributed by atoms with Crippen LogP contribution in [0, 0.1) is 0 Å². The number of rotatable bonds is 6. The topological polar surface area (TPSA) is 41.1 Å². The highest BCUT2D eigenvalue weighted by atomic mass is 35.5. The molecule has 0 spiro atoms. The molecule has 0 bridgehead atoms. The summed E-state index contributed by atoms with van der Waals surface area (Å²) in [6.07, 6.45) is 1.20. The highest BCUT2D eigenvalue weighted by Crippen LogP contribution is 2.20. The maximum absolute atomic E-state index is 11.3. The van der Waals surface area contributed by atoms with E-state index in [0.717, 1.165) is 5.56 Å². The van der Waals surface area contributed by atoms with Gasteiger partial charge < -0.3 is 10.6 Å². The molecule has 18 heavy (non-hydrogen) atoms. The molecule has 0 fully saturated rings. The van der Waals surface area contributed by atoms with Gasteiger partial charge in [0.1, 0.15) is 0 Å². The summed E-state index contributed by atoms with van der Waals surface area (Å²) < 4.78 is 0. The van der Waals surface area contributed by atoms with Crippen LogP contribution in [0.2, 0.25) is 10.0 Å². The highest BCUT2D eigenvalue weighted by molar-refractivity contribution is 6.35. The summed E-state index contributed by atoms with van der Waals surface area (Å²) in [5.41, 5.74) is 0.991. The summed E-state index contributed by atoms with van der Waals surface area (Å²) in [4.78, 5) is 11.3. The van der Waals surface area contributed by atoms with Crippen molar-refractivity contribution < 1.29 is 4.79 Å². The van der Waals surface area contributed by atoms with Crippen LogP contribution in [0.1, 0.15) is 12.0 Å². The zero-order chi connectivity index (χ0) is 12.7. The number of hydrogen-bond donors (Lipinski definition) is 2. The van der Waals surface area contributed by atoms with Crippen LogP contribution in [-0.2, 0) is 11.2 Å². The first kappa shape index (κ1) is 17.5. The number of halogens is 3. The second-order valence-corrected chi connectivity index (χ2v) is 4.53. The van der Waals surface area contributed by atoms with Gasteiger partial charge in [-0.25, -0.2) is 0 Å². The van der Waals surface area contributed by atoms with Crippen LogP contribution in [-0.4, -0.2) is 26.0 Å². The number of carbonyl (C=O) groups is 1. The van der Waals surface area contributed by atoms with Gasteiger partial charge in [-0.05, 0) is 31.2 Å². The van der Waals surface area contributed by atoms with Crippen LogP contribution in [0.4, 0.5) is 0 Å². The van der Waals surface area contributed by atoms with Crippen molar-refractivity contribution in [1.82, 2.24) is 10.6 Å². The van der Waals surface area contributed by atoms with Crippen molar-refractivity contribution in [3.05, 3.63) is 33.8 Å². The van der Waals surface area contributed by atoms with Gasteiger partial charge in [-0.1, -0.05) is 29.3 Å². The maximum atomic E-state index is 11.3. The first-order valence-electron chi connectivity index (χ1n) is 5.48. The van der Waals surface area contributed by atoms with Crippen molar-refractivity contribution in [3.63, 3.8) is 0 Å². The van der Waals surface area contributed by atoms with E-state index in [9.17, 15) is 4.79 Å². The summed E-state index contributed by atoms with van der Waals surface area (Å²) in [7, 11) is 1.82. The second kappa shape index (κ2) is 9.45. The summed E-state index contributed by atoms with van der Waals surface area (Å²) in [6, 6.07) is 5.39. The lowest BCUT2D eigenvalue weighted by atomic mass is 10.1. The molecule has 0 aromatic heterocycles. The Kier molecular flexibility index (Phi) is 9.20. The minimum absolute atomic E-state index is 0. The zero-order valence-electron chi connectivity index (χ0n) is 10.1. The molecule has 1 rings (SSSR count). The van der Waals surface area contributed by atoms with Crippen molar-refractivity contribution in [2.24, 2.45) is 0 Å². The molecule has 102 valence electrons. The molecule has 1 amide bonds. The molecular formula is C12H17Cl3N2O. The minimum Gasteiger partial charge on any atom is -0.356 e. The normalized spacial score (nSPS) is 9.72. The number of carbonyl (C=O) groups excluding carboxylic acids is 1. The van der Waals surface area contributed by atoms with E-state index >= 15 is 0 Å². The van der Waals surface area contributed by atoms with E-state index in [1.807, 2.05) is 13.1 Å². The van der Waals surface area contributed by atoms with Gasteiger partial charge in [0.05, 0.1) is 0 Å². The summed E-state index contributed by atoms with van der Waals surface area (Å²) in [5, 5.41) is 7.03. The lowest BCUT2D eigenvalue weighted by molar-refractivity contribution is -0.120. The summed E-state index contributed by atoms with van der Waals surface area (Å²) in [6.45, 7) is 1.28. The van der Waals surface area contributed by atoms with Crippen LogP contribution in [0.25, 0.3) is 0 Å². The molecule has 0 aliphatic heterocycles. The molecule has 3 nitrogen and oxygen atoms in total. The number of nitrogens with one attached hydrogen (secondary N) is 2. The van der Waals surface area contributed by atoms with Crippen LogP contribution in [0.5, 0.6) is 0 Å². The molecule has 0 saturated carbocycles. The van der Waals surface area contributed by atoms with Crippen molar-refractivity contribution in [3.8, 4) is 0 Å². The Labute approximate surface area is 124 Å². The van der Waals surface area contributed by atoms with Gasteiger partial charge >= 0.3 is 0 Å². The Bertz CT molecular complexity index is 386. The number of benzene rings is 1. The van der Waals surface area contributed by atoms with Crippen molar-refractivity contribution >= 4 is 41.5 Å². The molecule has 1 aromatic carbocycles. The third-order valence-electron chi connectivity index (χ3n) is 2.33. The Balaban J connectivity index is 0.00000289. The average Bonchev–Trinajstić information content (AvgIpc) is 2.29. The van der Waals surface area contributed by atoms with E-state index in [0.29, 0.717) is 36.0 Å². The van der Waals surface area contributed by atoms with Crippen molar-refractivity contribution in [2.45, 2.75) is 12.8 Å². The van der Waals surface area contributed by atoms with Gasteiger partial charge in [0.2, 0.25) is 5.91 Å². The molecule has 6 heteroatoms. The molecule has 0 unspecified atom stereocenters. The Morgan fingerprint density at radius 3 is 2.61 bits per heavy atom. The van der Waals surface area contributed by atoms with Crippen LogP contribution >= 0.6 is 35.6 Å². The Morgan fingerprint density at radius 1 is 1.28 bits per heavy atom. The summed E-state index contributed by atoms with van der Waals surface area (Å²) in [5.74, 6) is 0.0458. The molecule has 0 aliphatic carbocycles. The monoisotopic (exact) mass is 310 g/mol. The van der Waals surface area contributed by atoms with E-state index in [-0.39, 0.29) is 18.3 Å².